The Balaban J connectivity index is 2.20. The third-order valence-electron chi connectivity index (χ3n) is 4.70. The highest BCUT2D eigenvalue weighted by Gasteiger charge is 2.30. The molecule has 0 saturated carbocycles. The first-order chi connectivity index (χ1) is 15.3. The fraction of sp³-hybridized carbons (Fsp3) is 0.375. The first kappa shape index (κ1) is 24.7. The Labute approximate surface area is 188 Å². The van der Waals surface area contributed by atoms with Crippen molar-refractivity contribution in [2.24, 2.45) is 5.92 Å². The van der Waals surface area contributed by atoms with E-state index in [0.717, 1.165) is 5.56 Å². The summed E-state index contributed by atoms with van der Waals surface area (Å²) in [7, 11) is 0. The fourth-order valence-corrected chi connectivity index (χ4v) is 3.17. The molecule has 8 heteroatoms. The Bertz CT molecular complexity index is 916. The Kier molecular flexibility index (Phi) is 9.53. The average molecular weight is 439 g/mol. The lowest BCUT2D eigenvalue weighted by Gasteiger charge is -2.24. The van der Waals surface area contributed by atoms with Crippen LogP contribution in [0.5, 0.6) is 0 Å². The lowest BCUT2D eigenvalue weighted by Crippen LogP contribution is -2.55. The van der Waals surface area contributed by atoms with Gasteiger partial charge in [0, 0.05) is 19.2 Å². The number of amides is 3. The van der Waals surface area contributed by atoms with Crippen LogP contribution in [0.2, 0.25) is 0 Å². The highest BCUT2D eigenvalue weighted by atomic mass is 16.2. The van der Waals surface area contributed by atoms with E-state index in [1.165, 1.54) is 6.20 Å². The van der Waals surface area contributed by atoms with Crippen LogP contribution >= 0.6 is 0 Å². The molecule has 0 aliphatic heterocycles. The first-order valence-corrected chi connectivity index (χ1v) is 10.7. The summed E-state index contributed by atoms with van der Waals surface area (Å²) in [5, 5.41) is 7.87. The molecule has 0 spiro atoms. The summed E-state index contributed by atoms with van der Waals surface area (Å²) in [6.45, 7) is 5.86. The van der Waals surface area contributed by atoms with Gasteiger partial charge in [0.25, 0.3) is 11.8 Å². The van der Waals surface area contributed by atoms with Crippen molar-refractivity contribution in [2.75, 3.05) is 6.54 Å². The maximum absolute atomic E-state index is 13.1. The SMILES string of the molecule is CCNC(=O)C(=O)C(Cc1ccccc1)NC(=O)C(CC(C)C)NC(=O)c1ccccn1. The molecule has 0 fully saturated rings. The van der Waals surface area contributed by atoms with E-state index in [0.29, 0.717) is 13.0 Å². The molecular weight excluding hydrogens is 408 g/mol. The van der Waals surface area contributed by atoms with Crippen molar-refractivity contribution < 1.29 is 19.2 Å². The minimum Gasteiger partial charge on any atom is -0.350 e. The number of benzene rings is 1. The van der Waals surface area contributed by atoms with Crippen LogP contribution in [-0.4, -0.2) is 47.1 Å². The van der Waals surface area contributed by atoms with Crippen LogP contribution in [0.4, 0.5) is 0 Å². The molecule has 32 heavy (non-hydrogen) atoms. The summed E-state index contributed by atoms with van der Waals surface area (Å²) < 4.78 is 0. The smallest absolute Gasteiger partial charge is 0.289 e. The van der Waals surface area contributed by atoms with Crippen LogP contribution < -0.4 is 16.0 Å². The molecule has 0 saturated heterocycles. The molecule has 3 N–H and O–H groups in total. The van der Waals surface area contributed by atoms with E-state index in [9.17, 15) is 19.2 Å². The second-order valence-electron chi connectivity index (χ2n) is 7.85. The number of ketones is 1. The molecule has 3 amide bonds. The van der Waals surface area contributed by atoms with Crippen molar-refractivity contribution in [3.63, 3.8) is 0 Å². The number of rotatable bonds is 11. The second-order valence-corrected chi connectivity index (χ2v) is 7.85. The molecule has 1 heterocycles. The van der Waals surface area contributed by atoms with Gasteiger partial charge in [-0.3, -0.25) is 24.2 Å². The van der Waals surface area contributed by atoms with Gasteiger partial charge in [0.1, 0.15) is 17.8 Å². The minimum atomic E-state index is -1.06. The molecule has 2 aromatic rings. The van der Waals surface area contributed by atoms with Gasteiger partial charge in [-0.25, -0.2) is 0 Å². The summed E-state index contributed by atoms with van der Waals surface area (Å²) in [6.07, 6.45) is 2.01. The quantitative estimate of drug-likeness (QED) is 0.461. The number of nitrogens with one attached hydrogen (secondary N) is 3. The lowest BCUT2D eigenvalue weighted by molar-refractivity contribution is -0.140. The standard InChI is InChI=1S/C24H30N4O4/c1-4-25-24(32)21(29)19(15-17-10-6-5-7-11-17)27-23(31)20(14-16(2)3)28-22(30)18-12-8-9-13-26-18/h5-13,16,19-20H,4,14-15H2,1-3H3,(H,25,32)(H,27,31)(H,28,30). The summed E-state index contributed by atoms with van der Waals surface area (Å²) in [4.78, 5) is 54.6. The first-order valence-electron chi connectivity index (χ1n) is 10.7. The number of carbonyl (C=O) groups is 4. The van der Waals surface area contributed by atoms with Gasteiger partial charge in [-0.2, -0.15) is 0 Å². The number of hydrogen-bond acceptors (Lipinski definition) is 5. The molecule has 170 valence electrons. The summed E-state index contributed by atoms with van der Waals surface area (Å²) in [5.41, 5.74) is 0.988. The molecule has 2 unspecified atom stereocenters. The van der Waals surface area contributed by atoms with Crippen molar-refractivity contribution in [3.8, 4) is 0 Å². The van der Waals surface area contributed by atoms with E-state index < -0.39 is 35.6 Å². The lowest BCUT2D eigenvalue weighted by atomic mass is 9.99. The Morgan fingerprint density at radius 1 is 0.906 bits per heavy atom. The van der Waals surface area contributed by atoms with Gasteiger partial charge in [0.15, 0.2) is 0 Å². The number of Topliss-reactive ketones (excluding diaryl/α,β-unsaturated/α-hetero) is 1. The molecule has 1 aromatic carbocycles. The maximum atomic E-state index is 13.1. The number of aromatic nitrogens is 1. The Morgan fingerprint density at radius 2 is 1.59 bits per heavy atom. The molecule has 0 radical (unpaired) electrons. The highest BCUT2D eigenvalue weighted by Crippen LogP contribution is 2.09. The van der Waals surface area contributed by atoms with E-state index in [-0.39, 0.29) is 18.0 Å². The molecule has 0 aliphatic carbocycles. The number of likely N-dealkylation sites (N-methyl/N-ethyl adjacent to an activating group) is 1. The predicted molar refractivity (Wildman–Crippen MR) is 121 cm³/mol. The third-order valence-corrected chi connectivity index (χ3v) is 4.70. The largest absolute Gasteiger partial charge is 0.350 e. The Hall–Kier alpha value is -3.55. The number of nitrogens with zero attached hydrogens (tertiary/aromatic N) is 1. The van der Waals surface area contributed by atoms with Gasteiger partial charge in [-0.1, -0.05) is 50.2 Å². The molecule has 1 aromatic heterocycles. The second kappa shape index (κ2) is 12.3. The maximum Gasteiger partial charge on any atom is 0.289 e. The van der Waals surface area contributed by atoms with Crippen LogP contribution in [0.15, 0.2) is 54.7 Å². The van der Waals surface area contributed by atoms with Crippen LogP contribution in [0.25, 0.3) is 0 Å². The van der Waals surface area contributed by atoms with Crippen molar-refractivity contribution in [2.45, 2.75) is 45.7 Å². The zero-order valence-electron chi connectivity index (χ0n) is 18.6. The summed E-state index contributed by atoms with van der Waals surface area (Å²) in [6, 6.07) is 12.1. The van der Waals surface area contributed by atoms with E-state index in [4.69, 9.17) is 0 Å². The van der Waals surface area contributed by atoms with Crippen LogP contribution in [0.1, 0.15) is 43.2 Å². The Morgan fingerprint density at radius 3 is 2.19 bits per heavy atom. The van der Waals surface area contributed by atoms with Crippen molar-refractivity contribution in [3.05, 3.63) is 66.0 Å². The summed E-state index contributed by atoms with van der Waals surface area (Å²) >= 11 is 0. The molecule has 0 aliphatic rings. The van der Waals surface area contributed by atoms with Crippen LogP contribution in [0.3, 0.4) is 0 Å². The summed E-state index contributed by atoms with van der Waals surface area (Å²) in [5.74, 6) is -2.40. The predicted octanol–water partition coefficient (Wildman–Crippen LogP) is 1.66. The zero-order chi connectivity index (χ0) is 23.5. The number of hydrogen-bond donors (Lipinski definition) is 3. The van der Waals surface area contributed by atoms with Gasteiger partial charge in [0.05, 0.1) is 0 Å². The monoisotopic (exact) mass is 438 g/mol. The van der Waals surface area contributed by atoms with Crippen LogP contribution in [0, 0.1) is 5.92 Å². The van der Waals surface area contributed by atoms with E-state index in [2.05, 4.69) is 20.9 Å². The normalized spacial score (nSPS) is 12.5. The van der Waals surface area contributed by atoms with Crippen molar-refractivity contribution >= 4 is 23.5 Å². The highest BCUT2D eigenvalue weighted by molar-refractivity contribution is 6.38. The third kappa shape index (κ3) is 7.61. The van der Waals surface area contributed by atoms with Gasteiger partial charge < -0.3 is 16.0 Å². The number of pyridine rings is 1. The van der Waals surface area contributed by atoms with Crippen LogP contribution in [-0.2, 0) is 20.8 Å². The van der Waals surface area contributed by atoms with Gasteiger partial charge in [0.2, 0.25) is 11.7 Å². The van der Waals surface area contributed by atoms with Gasteiger partial charge in [-0.05, 0) is 37.0 Å². The average Bonchev–Trinajstić information content (AvgIpc) is 2.78. The van der Waals surface area contributed by atoms with E-state index in [1.54, 1.807) is 25.1 Å². The van der Waals surface area contributed by atoms with Crippen molar-refractivity contribution in [1.82, 2.24) is 20.9 Å². The van der Waals surface area contributed by atoms with Gasteiger partial charge in [-0.15, -0.1) is 0 Å². The number of carbonyl (C=O) groups excluding carboxylic acids is 4. The van der Waals surface area contributed by atoms with E-state index >= 15 is 0 Å². The van der Waals surface area contributed by atoms with Gasteiger partial charge >= 0.3 is 0 Å². The topological polar surface area (TPSA) is 117 Å². The molecule has 8 nitrogen and oxygen atoms in total. The fourth-order valence-electron chi connectivity index (χ4n) is 3.17. The molecule has 2 rings (SSSR count). The van der Waals surface area contributed by atoms with Crippen molar-refractivity contribution in [1.29, 1.82) is 0 Å². The molecule has 2 atom stereocenters. The molecule has 0 bridgehead atoms. The minimum absolute atomic E-state index is 0.0986. The zero-order valence-corrected chi connectivity index (χ0v) is 18.6. The van der Waals surface area contributed by atoms with E-state index in [1.807, 2.05) is 44.2 Å². The molecular formula is C24H30N4O4.